The number of alkyl halides is 3. The molecule has 0 amide bonds. The van der Waals surface area contributed by atoms with Crippen molar-refractivity contribution in [3.05, 3.63) is 71.8 Å². The first-order valence-corrected chi connectivity index (χ1v) is 18.4. The Balaban J connectivity index is 0.00000109. The largest absolute Gasteiger partial charge is 0.741 e. The number of aryl methyl sites for hydroxylation is 2. The molecule has 12 nitrogen and oxygen atoms in total. The summed E-state index contributed by atoms with van der Waals surface area (Å²) in [6, 6.07) is 18.3. The average Bonchev–Trinajstić information content (AvgIpc) is 2.93. The lowest BCUT2D eigenvalue weighted by Gasteiger charge is -2.20. The van der Waals surface area contributed by atoms with Crippen molar-refractivity contribution in [3.63, 3.8) is 0 Å². The predicted molar refractivity (Wildman–Crippen MR) is 187 cm³/mol. The fourth-order valence-electron chi connectivity index (χ4n) is 3.97. The van der Waals surface area contributed by atoms with Crippen LogP contribution < -0.4 is 14.2 Å². The molecule has 0 atom stereocenters. The molecular formula is C36H43F3O12S2. The Morgan fingerprint density at radius 1 is 0.566 bits per heavy atom. The van der Waals surface area contributed by atoms with Gasteiger partial charge in [0.1, 0.15) is 34.1 Å². The second kappa shape index (κ2) is 17.1. The number of hydrogen-bond acceptors (Lipinski definition) is 12. The van der Waals surface area contributed by atoms with Crippen LogP contribution in [-0.2, 0) is 35.2 Å². The van der Waals surface area contributed by atoms with E-state index in [9.17, 15) is 27.6 Å². The predicted octanol–water partition coefficient (Wildman–Crippen LogP) is 9.39. The Labute approximate surface area is 310 Å². The van der Waals surface area contributed by atoms with Gasteiger partial charge >= 0.3 is 24.0 Å². The molecule has 0 aliphatic carbocycles. The maximum atomic E-state index is 12.4. The van der Waals surface area contributed by atoms with Crippen LogP contribution >= 0.6 is 0 Å². The van der Waals surface area contributed by atoms with Crippen LogP contribution in [0.25, 0.3) is 0 Å². The molecule has 0 aromatic heterocycles. The third kappa shape index (κ3) is 15.6. The minimum Gasteiger partial charge on any atom is -0.741 e. The van der Waals surface area contributed by atoms with E-state index in [0.29, 0.717) is 17.2 Å². The lowest BCUT2D eigenvalue weighted by Crippen LogP contribution is -2.26. The number of hydrogen-bond donors (Lipinski definition) is 0. The summed E-state index contributed by atoms with van der Waals surface area (Å²) in [5.41, 5.74) is -6.20. The van der Waals surface area contributed by atoms with Crippen LogP contribution in [0.2, 0.25) is 0 Å². The standard InChI is InChI=1S/C35H43O9S.CHF3O3S/c1-22-20-28(21-23(2)29(22)41-32(38)44-35(9,10)11)45(26-16-12-24(13-17-26)39-30(36)42-33(3,4)5)27-18-14-25(15-19-27)40-31(37)43-34(6,7)8;2-1(3,4)8(5,6)7/h12-21H,1-11H3;(H,5,6,7)/q+1;/p-1. The van der Waals surface area contributed by atoms with Crippen LogP contribution in [0.4, 0.5) is 27.6 Å². The molecule has 0 radical (unpaired) electrons. The van der Waals surface area contributed by atoms with Gasteiger partial charge in [0.05, 0.1) is 10.9 Å². The van der Waals surface area contributed by atoms with Crippen molar-refractivity contribution in [2.24, 2.45) is 0 Å². The molecule has 17 heteroatoms. The molecule has 292 valence electrons. The Morgan fingerprint density at radius 3 is 1.11 bits per heavy atom. The van der Waals surface area contributed by atoms with E-state index in [1.165, 1.54) is 0 Å². The quantitative estimate of drug-likeness (QED) is 0.0581. The molecule has 0 spiro atoms. The maximum absolute atomic E-state index is 12.4. The highest BCUT2D eigenvalue weighted by Gasteiger charge is 2.37. The summed E-state index contributed by atoms with van der Waals surface area (Å²) >= 11 is 0. The zero-order valence-electron chi connectivity index (χ0n) is 31.1. The van der Waals surface area contributed by atoms with E-state index in [0.717, 1.165) is 25.8 Å². The minimum atomic E-state index is -6.09. The van der Waals surface area contributed by atoms with Gasteiger partial charge in [-0.1, -0.05) is 0 Å². The highest BCUT2D eigenvalue weighted by Crippen LogP contribution is 2.37. The van der Waals surface area contributed by atoms with E-state index in [2.05, 4.69) is 0 Å². The fraction of sp³-hybridized carbons (Fsp3) is 0.417. The third-order valence-electron chi connectivity index (χ3n) is 5.83. The van der Waals surface area contributed by atoms with Crippen molar-refractivity contribution in [2.75, 3.05) is 0 Å². The van der Waals surface area contributed by atoms with Gasteiger partial charge in [0.2, 0.25) is 0 Å². The first-order chi connectivity index (χ1) is 23.9. The van der Waals surface area contributed by atoms with E-state index in [4.69, 9.17) is 41.4 Å². The average molecular weight is 789 g/mol. The summed E-state index contributed by atoms with van der Waals surface area (Å²) in [4.78, 5) is 39.6. The van der Waals surface area contributed by atoms with E-state index in [1.54, 1.807) is 86.6 Å². The van der Waals surface area contributed by atoms with Gasteiger partial charge in [0.15, 0.2) is 24.8 Å². The highest BCUT2D eigenvalue weighted by atomic mass is 32.2. The Morgan fingerprint density at radius 2 is 0.849 bits per heavy atom. The van der Waals surface area contributed by atoms with Gasteiger partial charge in [0, 0.05) is 12.1 Å². The monoisotopic (exact) mass is 788 g/mol. The fourth-order valence-corrected chi connectivity index (χ4v) is 6.20. The van der Waals surface area contributed by atoms with Crippen LogP contribution in [0.15, 0.2) is 75.4 Å². The van der Waals surface area contributed by atoms with Gasteiger partial charge in [-0.3, -0.25) is 0 Å². The zero-order chi connectivity index (χ0) is 40.7. The van der Waals surface area contributed by atoms with Crippen LogP contribution in [0.3, 0.4) is 0 Å². The summed E-state index contributed by atoms with van der Waals surface area (Å²) < 4.78 is 91.1. The molecule has 0 heterocycles. The molecule has 0 bridgehead atoms. The number of carbonyl (C=O) groups is 3. The van der Waals surface area contributed by atoms with Crippen molar-refractivity contribution in [2.45, 2.75) is 113 Å². The molecule has 3 aromatic carbocycles. The summed E-state index contributed by atoms with van der Waals surface area (Å²) in [6.45, 7) is 19.6. The van der Waals surface area contributed by atoms with Crippen molar-refractivity contribution < 1.29 is 68.9 Å². The van der Waals surface area contributed by atoms with E-state index < -0.39 is 61.8 Å². The van der Waals surface area contributed by atoms with Crippen LogP contribution in [0, 0.1) is 13.8 Å². The van der Waals surface area contributed by atoms with Gasteiger partial charge in [-0.25, -0.2) is 22.8 Å². The second-order valence-electron chi connectivity index (χ2n) is 14.2. The first kappa shape index (κ1) is 44.7. The molecule has 3 rings (SSSR count). The van der Waals surface area contributed by atoms with Crippen molar-refractivity contribution >= 4 is 39.5 Å². The normalized spacial score (nSPS) is 12.2. The zero-order valence-corrected chi connectivity index (χ0v) is 32.8. The number of benzene rings is 3. The van der Waals surface area contributed by atoms with Crippen LogP contribution in [0.1, 0.15) is 73.4 Å². The summed E-state index contributed by atoms with van der Waals surface area (Å²) in [5.74, 6) is 1.11. The van der Waals surface area contributed by atoms with Gasteiger partial charge in [-0.2, -0.15) is 13.2 Å². The summed E-state index contributed by atoms with van der Waals surface area (Å²) in [7, 11) is -6.75. The SMILES string of the molecule is Cc1cc([S+](c2ccc(OC(=O)OC(C)(C)C)cc2)c2ccc(OC(=O)OC(C)(C)C)cc2)cc(C)c1OC(=O)OC(C)(C)C.O=S(=O)([O-])C(F)(F)F. The van der Waals surface area contributed by atoms with Gasteiger partial charge in [-0.15, -0.1) is 0 Å². The number of carbonyl (C=O) groups excluding carboxylic acids is 3. The molecule has 0 unspecified atom stereocenters. The van der Waals surface area contributed by atoms with E-state index in [1.807, 2.05) is 50.2 Å². The summed E-state index contributed by atoms with van der Waals surface area (Å²) in [6.07, 6.45) is -2.36. The molecule has 3 aromatic rings. The topological polar surface area (TPSA) is 164 Å². The lowest BCUT2D eigenvalue weighted by molar-refractivity contribution is -0.0518. The molecule has 53 heavy (non-hydrogen) atoms. The van der Waals surface area contributed by atoms with E-state index >= 15 is 0 Å². The van der Waals surface area contributed by atoms with Crippen molar-refractivity contribution in [1.29, 1.82) is 0 Å². The molecule has 0 aliphatic rings. The molecule has 0 aliphatic heterocycles. The molecule has 0 fully saturated rings. The molecule has 0 N–H and O–H groups in total. The minimum absolute atomic E-state index is 0.339. The molecular weight excluding hydrogens is 746 g/mol. The first-order valence-electron chi connectivity index (χ1n) is 15.7. The Bertz CT molecular complexity index is 1760. The van der Waals surface area contributed by atoms with Gasteiger partial charge in [-0.05, 0) is 136 Å². The van der Waals surface area contributed by atoms with Crippen LogP contribution in [-0.4, -0.2) is 53.7 Å². The van der Waals surface area contributed by atoms with Crippen molar-refractivity contribution in [1.82, 2.24) is 0 Å². The smallest absolute Gasteiger partial charge is 0.514 e. The van der Waals surface area contributed by atoms with Gasteiger partial charge in [0.25, 0.3) is 0 Å². The number of rotatable bonds is 6. The van der Waals surface area contributed by atoms with Crippen LogP contribution in [0.5, 0.6) is 17.2 Å². The summed E-state index contributed by atoms with van der Waals surface area (Å²) in [5, 5.41) is 0. The lowest BCUT2D eigenvalue weighted by atomic mass is 10.1. The molecule has 0 saturated carbocycles. The number of ether oxygens (including phenoxy) is 6. The van der Waals surface area contributed by atoms with Crippen molar-refractivity contribution in [3.8, 4) is 17.2 Å². The Kier molecular flexibility index (Phi) is 14.4. The highest BCUT2D eigenvalue weighted by molar-refractivity contribution is 7.97. The number of halogens is 3. The second-order valence-corrected chi connectivity index (χ2v) is 17.6. The van der Waals surface area contributed by atoms with Gasteiger partial charge < -0.3 is 33.0 Å². The van der Waals surface area contributed by atoms with E-state index in [-0.39, 0.29) is 0 Å². The molecule has 0 saturated heterocycles. The third-order valence-corrected chi connectivity index (χ3v) is 8.59. The Hall–Kier alpha value is -4.48. The maximum Gasteiger partial charge on any atom is 0.514 e.